The SMILES string of the molecule is CC1CC[C@@H]2C(CO1)[C@H]([C@@H](C)[C@H](O)Oc1ccc(C(=O)NC3(C(=O)O)COC3)cc1Cl)CC[C@H]2C. The lowest BCUT2D eigenvalue weighted by atomic mass is 9.62. The number of carbonyl (C=O) groups is 2. The third kappa shape index (κ3) is 5.45. The molecule has 3 N–H and O–H groups in total. The smallest absolute Gasteiger partial charge is 0.334 e. The van der Waals surface area contributed by atoms with Gasteiger partial charge in [0.25, 0.3) is 5.91 Å². The molecular weight excluding hydrogens is 474 g/mol. The lowest BCUT2D eigenvalue weighted by Gasteiger charge is -2.44. The van der Waals surface area contributed by atoms with Crippen molar-refractivity contribution >= 4 is 23.5 Å². The van der Waals surface area contributed by atoms with Crippen LogP contribution < -0.4 is 10.1 Å². The van der Waals surface area contributed by atoms with E-state index in [1.54, 1.807) is 0 Å². The molecule has 2 saturated heterocycles. The van der Waals surface area contributed by atoms with E-state index in [1.807, 2.05) is 6.92 Å². The molecule has 0 bridgehead atoms. The Kier molecular flexibility index (Phi) is 7.95. The van der Waals surface area contributed by atoms with E-state index >= 15 is 0 Å². The topological polar surface area (TPSA) is 114 Å². The normalized spacial score (nSPS) is 31.7. The Morgan fingerprint density at radius 2 is 1.91 bits per heavy atom. The molecule has 2 unspecified atom stereocenters. The molecule has 0 spiro atoms. The Balaban J connectivity index is 1.41. The van der Waals surface area contributed by atoms with Crippen LogP contribution in [0.4, 0.5) is 0 Å². The third-order valence-corrected chi connectivity index (χ3v) is 8.59. The fourth-order valence-corrected chi connectivity index (χ4v) is 6.06. The molecule has 1 saturated carbocycles. The first-order chi connectivity index (χ1) is 16.6. The fraction of sp³-hybridized carbons (Fsp3) is 0.692. The number of amides is 1. The highest BCUT2D eigenvalue weighted by atomic mass is 35.5. The number of benzene rings is 1. The van der Waals surface area contributed by atoms with Crippen molar-refractivity contribution in [3.8, 4) is 5.75 Å². The second-order valence-electron chi connectivity index (χ2n) is 10.6. The van der Waals surface area contributed by atoms with Gasteiger partial charge in [-0.25, -0.2) is 4.79 Å². The van der Waals surface area contributed by atoms with E-state index in [1.165, 1.54) is 18.2 Å². The molecule has 0 aromatic heterocycles. The molecule has 1 aromatic carbocycles. The van der Waals surface area contributed by atoms with Gasteiger partial charge in [-0.3, -0.25) is 4.79 Å². The average Bonchev–Trinajstić information content (AvgIpc) is 2.99. The number of fused-ring (bicyclic) bond motifs is 1. The number of carbonyl (C=O) groups excluding carboxylic acids is 1. The standard InChI is InChI=1S/C26H36ClNO7/c1-14-4-7-19(20-11-34-15(2)5-8-18(14)20)16(3)24(30)35-22-9-6-17(10-21(22)27)23(29)28-26(25(31)32)12-33-13-26/h6,9-10,14-16,18-20,24,30H,4-5,7-8,11-13H2,1-3H3,(H,28,29)(H,31,32)/t14-,15?,16-,18+,19+,20?,24-/m1/s1. The molecule has 35 heavy (non-hydrogen) atoms. The van der Waals surface area contributed by atoms with Gasteiger partial charge in [-0.2, -0.15) is 0 Å². The van der Waals surface area contributed by atoms with Gasteiger partial charge in [-0.15, -0.1) is 0 Å². The minimum Gasteiger partial charge on any atom is -0.479 e. The average molecular weight is 510 g/mol. The molecule has 2 heterocycles. The number of halogens is 1. The Morgan fingerprint density at radius 3 is 2.54 bits per heavy atom. The Morgan fingerprint density at radius 1 is 1.17 bits per heavy atom. The minimum atomic E-state index is -1.42. The number of nitrogens with one attached hydrogen (secondary N) is 1. The van der Waals surface area contributed by atoms with E-state index in [9.17, 15) is 19.8 Å². The van der Waals surface area contributed by atoms with Gasteiger partial charge in [0.05, 0.1) is 30.9 Å². The fourth-order valence-electron chi connectivity index (χ4n) is 5.84. The number of rotatable bonds is 7. The number of hydrogen-bond donors (Lipinski definition) is 3. The van der Waals surface area contributed by atoms with Crippen molar-refractivity contribution in [2.45, 2.75) is 64.4 Å². The zero-order chi connectivity index (χ0) is 25.3. The summed E-state index contributed by atoms with van der Waals surface area (Å²) in [5.41, 5.74) is -1.22. The third-order valence-electron chi connectivity index (χ3n) is 8.29. The van der Waals surface area contributed by atoms with E-state index in [0.29, 0.717) is 24.4 Å². The highest BCUT2D eigenvalue weighted by Gasteiger charge is 2.48. The summed E-state index contributed by atoms with van der Waals surface area (Å²) in [5, 5.41) is 23.0. The van der Waals surface area contributed by atoms with Crippen LogP contribution in [0.1, 0.15) is 56.8 Å². The van der Waals surface area contributed by atoms with Crippen molar-refractivity contribution in [3.63, 3.8) is 0 Å². The first-order valence-electron chi connectivity index (χ1n) is 12.5. The van der Waals surface area contributed by atoms with Gasteiger partial charge < -0.3 is 29.7 Å². The summed E-state index contributed by atoms with van der Waals surface area (Å²) >= 11 is 6.38. The van der Waals surface area contributed by atoms with Crippen LogP contribution in [0.5, 0.6) is 5.75 Å². The number of ether oxygens (including phenoxy) is 3. The quantitative estimate of drug-likeness (QED) is 0.480. The van der Waals surface area contributed by atoms with Gasteiger partial charge in [-0.1, -0.05) is 31.9 Å². The van der Waals surface area contributed by atoms with Crippen LogP contribution in [0.2, 0.25) is 5.02 Å². The lowest BCUT2D eigenvalue weighted by Crippen LogP contribution is -2.67. The highest BCUT2D eigenvalue weighted by Crippen LogP contribution is 2.47. The van der Waals surface area contributed by atoms with E-state index in [4.69, 9.17) is 25.8 Å². The van der Waals surface area contributed by atoms with Crippen LogP contribution in [0.25, 0.3) is 0 Å². The van der Waals surface area contributed by atoms with Crippen molar-refractivity contribution in [2.24, 2.45) is 29.6 Å². The molecule has 7 atom stereocenters. The van der Waals surface area contributed by atoms with E-state index < -0.39 is 23.7 Å². The number of carboxylic acid groups (broad SMARTS) is 1. The van der Waals surface area contributed by atoms with Crippen LogP contribution >= 0.6 is 11.6 Å². The van der Waals surface area contributed by atoms with Gasteiger partial charge in [0.1, 0.15) is 5.75 Å². The van der Waals surface area contributed by atoms with E-state index in [2.05, 4.69) is 19.2 Å². The Labute approximate surface area is 211 Å². The maximum atomic E-state index is 12.6. The molecule has 9 heteroatoms. The largest absolute Gasteiger partial charge is 0.479 e. The molecule has 194 valence electrons. The maximum absolute atomic E-state index is 12.6. The lowest BCUT2D eigenvalue weighted by molar-refractivity contribution is -0.164. The predicted octanol–water partition coefficient (Wildman–Crippen LogP) is 3.73. The Hall–Kier alpha value is -1.87. The molecule has 1 aromatic rings. The second kappa shape index (κ2) is 10.6. The van der Waals surface area contributed by atoms with Crippen molar-refractivity contribution in [2.75, 3.05) is 19.8 Å². The van der Waals surface area contributed by atoms with Crippen LogP contribution in [-0.4, -0.2) is 59.8 Å². The van der Waals surface area contributed by atoms with Gasteiger partial charge in [0.15, 0.2) is 11.8 Å². The molecule has 4 rings (SSSR count). The summed E-state index contributed by atoms with van der Waals surface area (Å²) in [4.78, 5) is 24.1. The summed E-state index contributed by atoms with van der Waals surface area (Å²) in [5.74, 6) is 0.332. The van der Waals surface area contributed by atoms with Crippen molar-refractivity contribution in [1.82, 2.24) is 5.32 Å². The van der Waals surface area contributed by atoms with E-state index in [-0.39, 0.29) is 47.5 Å². The molecule has 0 radical (unpaired) electrons. The summed E-state index contributed by atoms with van der Waals surface area (Å²) in [6.07, 6.45) is 3.57. The van der Waals surface area contributed by atoms with E-state index in [0.717, 1.165) is 25.7 Å². The second-order valence-corrected chi connectivity index (χ2v) is 11.0. The molecule has 3 aliphatic rings. The van der Waals surface area contributed by atoms with Gasteiger partial charge >= 0.3 is 5.97 Å². The molecule has 1 amide bonds. The van der Waals surface area contributed by atoms with Crippen molar-refractivity contribution < 1.29 is 34.0 Å². The van der Waals surface area contributed by atoms with Crippen molar-refractivity contribution in [1.29, 1.82) is 0 Å². The molecule has 2 aliphatic heterocycles. The van der Waals surface area contributed by atoms with Crippen molar-refractivity contribution in [3.05, 3.63) is 28.8 Å². The minimum absolute atomic E-state index is 0.0845. The van der Waals surface area contributed by atoms with Crippen LogP contribution in [0, 0.1) is 29.6 Å². The van der Waals surface area contributed by atoms with Crippen LogP contribution in [-0.2, 0) is 14.3 Å². The van der Waals surface area contributed by atoms with Crippen LogP contribution in [0.15, 0.2) is 18.2 Å². The molecule has 1 aliphatic carbocycles. The summed E-state index contributed by atoms with van der Waals surface area (Å²) in [7, 11) is 0. The molecular formula is C26H36ClNO7. The number of aliphatic hydroxyl groups excluding tert-OH is 1. The molecule has 3 fully saturated rings. The van der Waals surface area contributed by atoms with Crippen LogP contribution in [0.3, 0.4) is 0 Å². The summed E-state index contributed by atoms with van der Waals surface area (Å²) in [6, 6.07) is 4.44. The van der Waals surface area contributed by atoms with Gasteiger partial charge in [0, 0.05) is 11.5 Å². The highest BCUT2D eigenvalue weighted by molar-refractivity contribution is 6.32. The van der Waals surface area contributed by atoms with Gasteiger partial charge in [-0.05, 0) is 68.1 Å². The monoisotopic (exact) mass is 509 g/mol. The molecule has 8 nitrogen and oxygen atoms in total. The zero-order valence-corrected chi connectivity index (χ0v) is 21.3. The Bertz CT molecular complexity index is 936. The first-order valence-corrected chi connectivity index (χ1v) is 12.9. The number of aliphatic hydroxyl groups is 1. The maximum Gasteiger partial charge on any atom is 0.334 e. The zero-order valence-electron chi connectivity index (χ0n) is 20.5. The summed E-state index contributed by atoms with van der Waals surface area (Å²) in [6.45, 7) is 7.02. The summed E-state index contributed by atoms with van der Waals surface area (Å²) < 4.78 is 16.9. The number of carboxylic acids is 1. The predicted molar refractivity (Wildman–Crippen MR) is 129 cm³/mol. The first kappa shape index (κ1) is 26.2. The van der Waals surface area contributed by atoms with Gasteiger partial charge in [0.2, 0.25) is 0 Å². The number of aliphatic carboxylic acids is 1. The number of hydrogen-bond acceptors (Lipinski definition) is 6.